The maximum atomic E-state index is 12.9. The fourth-order valence-electron chi connectivity index (χ4n) is 3.00. The van der Waals surface area contributed by atoms with Crippen LogP contribution in [-0.2, 0) is 0 Å². The summed E-state index contributed by atoms with van der Waals surface area (Å²) in [4.78, 5) is 12.9. The Morgan fingerprint density at radius 1 is 0.862 bits per heavy atom. The fraction of sp³-hybridized carbons (Fsp3) is 0.0833. The highest BCUT2D eigenvalue weighted by Crippen LogP contribution is 2.21. The number of hydrogen-bond donors (Lipinski definition) is 1. The largest absolute Gasteiger partial charge is 0.492 e. The highest BCUT2D eigenvalue weighted by molar-refractivity contribution is 5.94. The van der Waals surface area contributed by atoms with Gasteiger partial charge in [-0.1, -0.05) is 66.7 Å². The minimum Gasteiger partial charge on any atom is -0.492 e. The van der Waals surface area contributed by atoms with Crippen LogP contribution >= 0.6 is 0 Å². The molecule has 0 spiro atoms. The van der Waals surface area contributed by atoms with Gasteiger partial charge in [-0.15, -0.1) is 0 Å². The van der Waals surface area contributed by atoms with Gasteiger partial charge in [0.05, 0.1) is 17.9 Å². The molecular weight excluding hydrogens is 362 g/mol. The maximum Gasteiger partial charge on any atom is 0.270 e. The van der Waals surface area contributed by atoms with Crippen molar-refractivity contribution in [2.75, 3.05) is 13.2 Å². The highest BCUT2D eigenvalue weighted by Gasteiger charge is 2.17. The highest BCUT2D eigenvalue weighted by atomic mass is 16.5. The van der Waals surface area contributed by atoms with Crippen LogP contribution in [0.25, 0.3) is 16.9 Å². The first-order chi connectivity index (χ1) is 14.3. The fourth-order valence-corrected chi connectivity index (χ4v) is 3.00. The molecule has 0 aliphatic heterocycles. The number of carbonyl (C=O) groups is 1. The van der Waals surface area contributed by atoms with Crippen molar-refractivity contribution in [1.82, 2.24) is 15.1 Å². The number of benzene rings is 3. The summed E-state index contributed by atoms with van der Waals surface area (Å²) in [6.07, 6.45) is 0. The molecule has 4 rings (SSSR count). The van der Waals surface area contributed by atoms with E-state index in [1.54, 1.807) is 4.68 Å². The molecule has 0 atom stereocenters. The van der Waals surface area contributed by atoms with Crippen LogP contribution in [0.2, 0.25) is 0 Å². The summed E-state index contributed by atoms with van der Waals surface area (Å²) in [7, 11) is 0. The molecule has 0 saturated heterocycles. The van der Waals surface area contributed by atoms with Crippen molar-refractivity contribution in [1.29, 1.82) is 0 Å². The quantitative estimate of drug-likeness (QED) is 0.483. The van der Waals surface area contributed by atoms with Gasteiger partial charge in [0.15, 0.2) is 0 Å². The van der Waals surface area contributed by atoms with Crippen LogP contribution in [0.3, 0.4) is 0 Å². The molecule has 1 heterocycles. The number of nitrogens with one attached hydrogen (secondary N) is 1. The zero-order valence-corrected chi connectivity index (χ0v) is 15.9. The summed E-state index contributed by atoms with van der Waals surface area (Å²) in [5.74, 6) is 0.586. The Hall–Kier alpha value is -3.86. The number of amides is 1. The number of nitrogens with zero attached hydrogens (tertiary/aromatic N) is 2. The Morgan fingerprint density at radius 3 is 2.17 bits per heavy atom. The van der Waals surface area contributed by atoms with Crippen molar-refractivity contribution >= 4 is 5.91 Å². The molecule has 0 aliphatic rings. The van der Waals surface area contributed by atoms with Crippen molar-refractivity contribution in [2.24, 2.45) is 0 Å². The lowest BCUT2D eigenvalue weighted by molar-refractivity contribution is 0.0939. The lowest BCUT2D eigenvalue weighted by Crippen LogP contribution is -2.29. The van der Waals surface area contributed by atoms with Gasteiger partial charge < -0.3 is 10.1 Å². The minimum atomic E-state index is -0.194. The van der Waals surface area contributed by atoms with Gasteiger partial charge in [0.1, 0.15) is 18.1 Å². The monoisotopic (exact) mass is 383 g/mol. The summed E-state index contributed by atoms with van der Waals surface area (Å²) < 4.78 is 7.32. The third-order valence-corrected chi connectivity index (χ3v) is 4.41. The van der Waals surface area contributed by atoms with Crippen molar-refractivity contribution < 1.29 is 9.53 Å². The SMILES string of the molecule is O=C(NCCOc1ccccc1)c1cc(-c2ccccc2)nn1-c1ccccc1. The van der Waals surface area contributed by atoms with Crippen molar-refractivity contribution in [3.8, 4) is 22.7 Å². The average Bonchev–Trinajstić information content (AvgIpc) is 3.24. The molecule has 0 fully saturated rings. The number of ether oxygens (including phenoxy) is 1. The molecule has 0 radical (unpaired) electrons. The van der Waals surface area contributed by atoms with Gasteiger partial charge in [-0.2, -0.15) is 5.10 Å². The van der Waals surface area contributed by atoms with E-state index in [1.807, 2.05) is 97.1 Å². The van der Waals surface area contributed by atoms with Crippen molar-refractivity contribution in [3.05, 3.63) is 103 Å². The van der Waals surface area contributed by atoms with Gasteiger partial charge >= 0.3 is 0 Å². The van der Waals surface area contributed by atoms with Crippen LogP contribution in [0, 0.1) is 0 Å². The van der Waals surface area contributed by atoms with E-state index in [-0.39, 0.29) is 5.91 Å². The number of aromatic nitrogens is 2. The smallest absolute Gasteiger partial charge is 0.270 e. The molecule has 0 unspecified atom stereocenters. The van der Waals surface area contributed by atoms with E-state index >= 15 is 0 Å². The van der Waals surface area contributed by atoms with Crippen LogP contribution in [0.1, 0.15) is 10.5 Å². The first-order valence-corrected chi connectivity index (χ1v) is 9.48. The molecule has 0 aliphatic carbocycles. The van der Waals surface area contributed by atoms with Gasteiger partial charge in [-0.25, -0.2) is 4.68 Å². The number of carbonyl (C=O) groups excluding carboxylic acids is 1. The third kappa shape index (κ3) is 4.52. The predicted octanol–water partition coefficient (Wildman–Crippen LogP) is 4.35. The molecule has 5 heteroatoms. The van der Waals surface area contributed by atoms with Crippen LogP contribution in [0.5, 0.6) is 5.75 Å². The third-order valence-electron chi connectivity index (χ3n) is 4.41. The second kappa shape index (κ2) is 8.89. The summed E-state index contributed by atoms with van der Waals surface area (Å²) >= 11 is 0. The molecular formula is C24H21N3O2. The van der Waals surface area contributed by atoms with Crippen molar-refractivity contribution in [3.63, 3.8) is 0 Å². The predicted molar refractivity (Wildman–Crippen MR) is 113 cm³/mol. The van der Waals surface area contributed by atoms with E-state index in [2.05, 4.69) is 10.4 Å². The molecule has 0 saturated carbocycles. The van der Waals surface area contributed by atoms with E-state index in [0.717, 1.165) is 22.7 Å². The summed E-state index contributed by atoms with van der Waals surface area (Å²) in [6.45, 7) is 0.787. The molecule has 0 bridgehead atoms. The Bertz CT molecular complexity index is 1060. The van der Waals surface area contributed by atoms with Crippen molar-refractivity contribution in [2.45, 2.75) is 0 Å². The number of hydrogen-bond acceptors (Lipinski definition) is 3. The normalized spacial score (nSPS) is 10.5. The molecule has 5 nitrogen and oxygen atoms in total. The molecule has 1 amide bonds. The van der Waals surface area contributed by atoms with E-state index in [9.17, 15) is 4.79 Å². The van der Waals surface area contributed by atoms with Gasteiger partial charge in [-0.05, 0) is 30.3 Å². The second-order valence-electron chi connectivity index (χ2n) is 6.45. The van der Waals surface area contributed by atoms with E-state index < -0.39 is 0 Å². The molecule has 144 valence electrons. The van der Waals surface area contributed by atoms with Gasteiger partial charge in [0.2, 0.25) is 0 Å². The van der Waals surface area contributed by atoms with Crippen LogP contribution in [0.4, 0.5) is 0 Å². The second-order valence-corrected chi connectivity index (χ2v) is 6.45. The minimum absolute atomic E-state index is 0.194. The average molecular weight is 383 g/mol. The van der Waals surface area contributed by atoms with E-state index in [0.29, 0.717) is 18.8 Å². The van der Waals surface area contributed by atoms with Crippen LogP contribution in [-0.4, -0.2) is 28.8 Å². The lowest BCUT2D eigenvalue weighted by atomic mass is 10.1. The van der Waals surface area contributed by atoms with Crippen LogP contribution < -0.4 is 10.1 Å². The van der Waals surface area contributed by atoms with Gasteiger partial charge in [-0.3, -0.25) is 4.79 Å². The Kier molecular flexibility index (Phi) is 5.67. The number of rotatable bonds is 7. The first kappa shape index (κ1) is 18.5. The molecule has 29 heavy (non-hydrogen) atoms. The molecule has 1 N–H and O–H groups in total. The summed E-state index contributed by atoms with van der Waals surface area (Å²) in [5.41, 5.74) is 3.03. The molecule has 3 aromatic carbocycles. The number of para-hydroxylation sites is 2. The Balaban J connectivity index is 1.51. The Morgan fingerprint density at radius 2 is 1.48 bits per heavy atom. The summed E-state index contributed by atoms with van der Waals surface area (Å²) in [5, 5.41) is 7.59. The topological polar surface area (TPSA) is 56.1 Å². The molecule has 1 aromatic heterocycles. The van der Waals surface area contributed by atoms with E-state index in [1.165, 1.54) is 0 Å². The summed E-state index contributed by atoms with van der Waals surface area (Å²) in [6, 6.07) is 30.8. The van der Waals surface area contributed by atoms with Gasteiger partial charge in [0, 0.05) is 5.56 Å². The lowest BCUT2D eigenvalue weighted by Gasteiger charge is -2.09. The standard InChI is InChI=1S/C24H21N3O2/c28-24(25-16-17-29-21-14-8-3-9-15-21)23-18-22(19-10-4-1-5-11-19)26-27(23)20-12-6-2-7-13-20/h1-15,18H,16-17H2,(H,25,28). The zero-order valence-electron chi connectivity index (χ0n) is 15.9. The maximum absolute atomic E-state index is 12.9. The van der Waals surface area contributed by atoms with E-state index in [4.69, 9.17) is 4.74 Å². The van der Waals surface area contributed by atoms with Gasteiger partial charge in [0.25, 0.3) is 5.91 Å². The molecule has 4 aromatic rings. The first-order valence-electron chi connectivity index (χ1n) is 9.48. The van der Waals surface area contributed by atoms with Crippen LogP contribution in [0.15, 0.2) is 97.1 Å². The zero-order chi connectivity index (χ0) is 19.9. The Labute approximate surface area is 169 Å².